The van der Waals surface area contributed by atoms with Crippen molar-refractivity contribution in [3.8, 4) is 22.9 Å². The molecule has 5 nitrogen and oxygen atoms in total. The number of hydrogen-bond acceptors (Lipinski definition) is 4. The molecule has 27 heavy (non-hydrogen) atoms. The van der Waals surface area contributed by atoms with Gasteiger partial charge in [0.15, 0.2) is 0 Å². The minimum Gasteiger partial charge on any atom is -0.438 e. The fourth-order valence-electron chi connectivity index (χ4n) is 2.99. The molecule has 0 saturated carbocycles. The van der Waals surface area contributed by atoms with Gasteiger partial charge in [-0.25, -0.2) is 9.50 Å². The largest absolute Gasteiger partial charge is 0.438 e. The molecule has 0 aliphatic carbocycles. The molecule has 0 aliphatic heterocycles. The Morgan fingerprint density at radius 2 is 1.81 bits per heavy atom. The van der Waals surface area contributed by atoms with Gasteiger partial charge in [0, 0.05) is 12.8 Å². The summed E-state index contributed by atoms with van der Waals surface area (Å²) in [5, 5.41) is 4.41. The number of hydrogen-bond donors (Lipinski definition) is 0. The van der Waals surface area contributed by atoms with E-state index < -0.39 is 0 Å². The Kier molecular flexibility index (Phi) is 5.12. The van der Waals surface area contributed by atoms with Gasteiger partial charge in [0.1, 0.15) is 5.75 Å². The summed E-state index contributed by atoms with van der Waals surface area (Å²) in [7, 11) is 0. The van der Waals surface area contributed by atoms with Crippen molar-refractivity contribution in [2.45, 2.75) is 13.3 Å². The molecule has 1 aromatic carbocycles. The van der Waals surface area contributed by atoms with Crippen molar-refractivity contribution in [3.63, 3.8) is 0 Å². The topological polar surface area (TPSA) is 48.7 Å². The Labute approximate surface area is 158 Å². The molecule has 4 rings (SSSR count). The molecule has 5 heteroatoms. The van der Waals surface area contributed by atoms with Crippen LogP contribution >= 0.6 is 0 Å². The van der Waals surface area contributed by atoms with Crippen molar-refractivity contribution in [1.29, 1.82) is 0 Å². The molecule has 136 valence electrons. The summed E-state index contributed by atoms with van der Waals surface area (Å²) in [5.41, 5.74) is 4.08. The quantitative estimate of drug-likeness (QED) is 0.446. The Bertz CT molecular complexity index is 1030. The zero-order valence-corrected chi connectivity index (χ0v) is 15.2. The van der Waals surface area contributed by atoms with Gasteiger partial charge in [-0.1, -0.05) is 18.2 Å². The summed E-state index contributed by atoms with van der Waals surface area (Å²) in [6.45, 7) is 3.48. The van der Waals surface area contributed by atoms with Crippen LogP contribution in [0.4, 0.5) is 0 Å². The Morgan fingerprint density at radius 1 is 0.926 bits per heavy atom. The summed E-state index contributed by atoms with van der Waals surface area (Å²) in [4.78, 5) is 4.44. The van der Waals surface area contributed by atoms with Gasteiger partial charge in [-0.15, -0.1) is 0 Å². The van der Waals surface area contributed by atoms with Crippen LogP contribution in [0.3, 0.4) is 0 Å². The van der Waals surface area contributed by atoms with E-state index in [-0.39, 0.29) is 0 Å². The van der Waals surface area contributed by atoms with Gasteiger partial charge in [0.25, 0.3) is 0 Å². The van der Waals surface area contributed by atoms with Crippen LogP contribution in [-0.4, -0.2) is 27.8 Å². The first-order valence-electron chi connectivity index (χ1n) is 9.08. The molecule has 0 N–H and O–H groups in total. The number of fused-ring (bicyclic) bond motifs is 1. The fraction of sp³-hybridized carbons (Fsp3) is 0.182. The van der Waals surface area contributed by atoms with Crippen LogP contribution in [0.25, 0.3) is 16.8 Å². The smallest absolute Gasteiger partial charge is 0.228 e. The van der Waals surface area contributed by atoms with E-state index >= 15 is 0 Å². The molecule has 0 unspecified atom stereocenters. The Balaban J connectivity index is 1.60. The van der Waals surface area contributed by atoms with Gasteiger partial charge < -0.3 is 9.47 Å². The highest BCUT2D eigenvalue weighted by atomic mass is 16.5. The van der Waals surface area contributed by atoms with Crippen molar-refractivity contribution in [3.05, 3.63) is 78.6 Å². The average Bonchev–Trinajstić information content (AvgIpc) is 3.19. The van der Waals surface area contributed by atoms with Crippen molar-refractivity contribution >= 4 is 5.52 Å². The maximum absolute atomic E-state index is 6.09. The highest BCUT2D eigenvalue weighted by Gasteiger charge is 2.12. The monoisotopic (exact) mass is 359 g/mol. The fourth-order valence-corrected chi connectivity index (χ4v) is 2.99. The molecule has 4 aromatic rings. The first-order chi connectivity index (χ1) is 13.3. The second-order valence-electron chi connectivity index (χ2n) is 6.13. The van der Waals surface area contributed by atoms with Crippen molar-refractivity contribution < 1.29 is 9.47 Å². The molecule has 0 spiro atoms. The Hall–Kier alpha value is -3.18. The molecule has 0 saturated heterocycles. The number of pyridine rings is 2. The third kappa shape index (κ3) is 3.83. The lowest BCUT2D eigenvalue weighted by Crippen LogP contribution is -1.98. The number of aromatic nitrogens is 3. The zero-order chi connectivity index (χ0) is 18.5. The minimum atomic E-state index is 0.558. The van der Waals surface area contributed by atoms with E-state index in [0.717, 1.165) is 42.2 Å². The third-order valence-corrected chi connectivity index (χ3v) is 4.35. The predicted molar refractivity (Wildman–Crippen MR) is 105 cm³/mol. The normalized spacial score (nSPS) is 11.0. The Morgan fingerprint density at radius 3 is 2.67 bits per heavy atom. The second kappa shape index (κ2) is 8.01. The highest BCUT2D eigenvalue weighted by molar-refractivity contribution is 5.68. The summed E-state index contributed by atoms with van der Waals surface area (Å²) < 4.78 is 13.4. The van der Waals surface area contributed by atoms with E-state index in [9.17, 15) is 0 Å². The van der Waals surface area contributed by atoms with Gasteiger partial charge in [-0.3, -0.25) is 0 Å². The molecule has 0 radical (unpaired) electrons. The van der Waals surface area contributed by atoms with Crippen molar-refractivity contribution in [2.75, 3.05) is 13.2 Å². The lowest BCUT2D eigenvalue weighted by molar-refractivity contribution is 0.151. The van der Waals surface area contributed by atoms with Crippen LogP contribution in [0.2, 0.25) is 0 Å². The molecular formula is C22H21N3O2. The van der Waals surface area contributed by atoms with Crippen LogP contribution in [0, 0.1) is 0 Å². The van der Waals surface area contributed by atoms with E-state index in [1.54, 1.807) is 12.4 Å². The third-order valence-electron chi connectivity index (χ3n) is 4.35. The summed E-state index contributed by atoms with van der Waals surface area (Å²) in [6, 6.07) is 20.0. The number of benzene rings is 1. The summed E-state index contributed by atoms with van der Waals surface area (Å²) in [5.74, 6) is 1.31. The van der Waals surface area contributed by atoms with Crippen LogP contribution in [0.15, 0.2) is 73.1 Å². The van der Waals surface area contributed by atoms with Crippen LogP contribution in [-0.2, 0) is 11.2 Å². The van der Waals surface area contributed by atoms with Gasteiger partial charge in [0.2, 0.25) is 5.88 Å². The number of ether oxygens (including phenoxy) is 2. The highest BCUT2D eigenvalue weighted by Crippen LogP contribution is 2.31. The second-order valence-corrected chi connectivity index (χ2v) is 6.13. The van der Waals surface area contributed by atoms with Crippen molar-refractivity contribution in [1.82, 2.24) is 14.6 Å². The minimum absolute atomic E-state index is 0.558. The molecule has 0 aliphatic rings. The van der Waals surface area contributed by atoms with Crippen LogP contribution < -0.4 is 4.74 Å². The van der Waals surface area contributed by atoms with E-state index in [2.05, 4.69) is 22.2 Å². The summed E-state index contributed by atoms with van der Waals surface area (Å²) in [6.07, 6.45) is 4.42. The maximum atomic E-state index is 6.09. The summed E-state index contributed by atoms with van der Waals surface area (Å²) >= 11 is 0. The lowest BCUT2D eigenvalue weighted by Gasteiger charge is -2.11. The van der Waals surface area contributed by atoms with Gasteiger partial charge in [-0.2, -0.15) is 5.10 Å². The van der Waals surface area contributed by atoms with E-state index in [1.165, 1.54) is 5.56 Å². The maximum Gasteiger partial charge on any atom is 0.228 e. The predicted octanol–water partition coefficient (Wildman–Crippen LogP) is 4.77. The first kappa shape index (κ1) is 17.2. The molecule has 0 fully saturated rings. The van der Waals surface area contributed by atoms with Crippen LogP contribution in [0.5, 0.6) is 11.6 Å². The molecule has 0 atom stereocenters. The molecule has 0 amide bonds. The molecular weight excluding hydrogens is 338 g/mol. The first-order valence-corrected chi connectivity index (χ1v) is 9.08. The standard InChI is InChI=1S/C22H21N3O2/c1-2-26-16-13-17-8-10-19(11-9-17)27-22-20(6-4-14-23-22)21-7-3-5-18-12-15-24-25(18)21/h3-12,14-15H,2,13,16H2,1H3. The molecule has 3 heterocycles. The van der Waals surface area contributed by atoms with Gasteiger partial charge in [0.05, 0.1) is 29.6 Å². The van der Waals surface area contributed by atoms with Crippen molar-refractivity contribution in [2.24, 2.45) is 0 Å². The molecule has 0 bridgehead atoms. The van der Waals surface area contributed by atoms with E-state index in [1.807, 2.05) is 60.0 Å². The van der Waals surface area contributed by atoms with Gasteiger partial charge in [-0.05, 0) is 61.4 Å². The SMILES string of the molecule is CCOCCc1ccc(Oc2ncccc2-c2cccc3ccnn23)cc1. The zero-order valence-electron chi connectivity index (χ0n) is 15.2. The molecule has 3 aromatic heterocycles. The average molecular weight is 359 g/mol. The van der Waals surface area contributed by atoms with Crippen LogP contribution in [0.1, 0.15) is 12.5 Å². The van der Waals surface area contributed by atoms with Gasteiger partial charge >= 0.3 is 0 Å². The number of rotatable bonds is 7. The van der Waals surface area contributed by atoms with E-state index in [0.29, 0.717) is 5.88 Å². The number of nitrogens with zero attached hydrogens (tertiary/aromatic N) is 3. The van der Waals surface area contributed by atoms with E-state index in [4.69, 9.17) is 9.47 Å². The lowest BCUT2D eigenvalue weighted by atomic mass is 10.1.